The lowest BCUT2D eigenvalue weighted by Crippen LogP contribution is -2.34. The van der Waals surface area contributed by atoms with Crippen molar-refractivity contribution in [1.82, 2.24) is 10.5 Å². The Morgan fingerprint density at radius 2 is 2.22 bits per heavy atom. The van der Waals surface area contributed by atoms with Gasteiger partial charge in [0.15, 0.2) is 5.76 Å². The molecule has 1 fully saturated rings. The lowest BCUT2D eigenvalue weighted by atomic mass is 10.2. The molecule has 2 aromatic rings. The molecule has 0 radical (unpaired) electrons. The van der Waals surface area contributed by atoms with Crippen LogP contribution >= 0.6 is 12.2 Å². The standard InChI is InChI=1S/C16H18N2O4S/c1-19-13-4-2-11(3-5-13)9-21-15-8-14(22-18-15)16(23)17-12-6-7-20-10-12/h2-5,8,12H,6-7,9-10H2,1H3,(H,17,23). The van der Waals surface area contributed by atoms with Crippen LogP contribution in [-0.4, -0.2) is 36.5 Å². The fourth-order valence-corrected chi connectivity index (χ4v) is 2.48. The summed E-state index contributed by atoms with van der Waals surface area (Å²) < 4.78 is 21.2. The first-order valence-electron chi connectivity index (χ1n) is 7.35. The second kappa shape index (κ2) is 7.43. The maximum absolute atomic E-state index is 5.61. The van der Waals surface area contributed by atoms with Crippen LogP contribution in [0.1, 0.15) is 17.7 Å². The van der Waals surface area contributed by atoms with Crippen molar-refractivity contribution in [1.29, 1.82) is 0 Å². The summed E-state index contributed by atoms with van der Waals surface area (Å²) in [6.45, 7) is 1.81. The fraction of sp³-hybridized carbons (Fsp3) is 0.375. The number of methoxy groups -OCH3 is 1. The Hall–Kier alpha value is -2.12. The summed E-state index contributed by atoms with van der Waals surface area (Å²) in [6, 6.07) is 9.56. The van der Waals surface area contributed by atoms with E-state index < -0.39 is 0 Å². The molecule has 7 heteroatoms. The SMILES string of the molecule is COc1ccc(COc2cc(C(=S)NC3CCOC3)on2)cc1. The number of nitrogens with one attached hydrogen (secondary N) is 1. The molecular weight excluding hydrogens is 316 g/mol. The van der Waals surface area contributed by atoms with E-state index in [4.69, 9.17) is 31.0 Å². The van der Waals surface area contributed by atoms with Gasteiger partial charge in [-0.15, -0.1) is 0 Å². The van der Waals surface area contributed by atoms with E-state index in [0.717, 1.165) is 24.3 Å². The lowest BCUT2D eigenvalue weighted by Gasteiger charge is -2.10. The summed E-state index contributed by atoms with van der Waals surface area (Å²) in [5, 5.41) is 7.08. The summed E-state index contributed by atoms with van der Waals surface area (Å²) in [5.74, 6) is 1.71. The summed E-state index contributed by atoms with van der Waals surface area (Å²) >= 11 is 5.31. The summed E-state index contributed by atoms with van der Waals surface area (Å²) in [7, 11) is 1.64. The highest BCUT2D eigenvalue weighted by atomic mass is 32.1. The topological polar surface area (TPSA) is 65.8 Å². The van der Waals surface area contributed by atoms with Gasteiger partial charge in [0, 0.05) is 6.61 Å². The Morgan fingerprint density at radius 3 is 2.91 bits per heavy atom. The number of hydrogen-bond donors (Lipinski definition) is 1. The van der Waals surface area contributed by atoms with Crippen molar-refractivity contribution >= 4 is 17.2 Å². The average Bonchev–Trinajstić information content (AvgIpc) is 3.25. The third kappa shape index (κ3) is 4.20. The van der Waals surface area contributed by atoms with Crippen LogP contribution in [0.2, 0.25) is 0 Å². The number of nitrogens with zero attached hydrogens (tertiary/aromatic N) is 1. The van der Waals surface area contributed by atoms with Crippen molar-refractivity contribution in [2.45, 2.75) is 19.1 Å². The van der Waals surface area contributed by atoms with Gasteiger partial charge in [-0.05, 0) is 29.3 Å². The van der Waals surface area contributed by atoms with Gasteiger partial charge in [0.05, 0.1) is 25.8 Å². The molecule has 3 rings (SSSR count). The van der Waals surface area contributed by atoms with Crippen LogP contribution in [0.4, 0.5) is 0 Å². The Kier molecular flexibility index (Phi) is 5.09. The highest BCUT2D eigenvalue weighted by Crippen LogP contribution is 2.16. The number of hydrogen-bond acceptors (Lipinski definition) is 6. The summed E-state index contributed by atoms with van der Waals surface area (Å²) in [6.07, 6.45) is 0.940. The van der Waals surface area contributed by atoms with Gasteiger partial charge in [-0.25, -0.2) is 0 Å². The van der Waals surface area contributed by atoms with Gasteiger partial charge in [-0.2, -0.15) is 0 Å². The van der Waals surface area contributed by atoms with Gasteiger partial charge in [-0.3, -0.25) is 0 Å². The average molecular weight is 334 g/mol. The van der Waals surface area contributed by atoms with Gasteiger partial charge in [0.25, 0.3) is 5.88 Å². The van der Waals surface area contributed by atoms with E-state index in [0.29, 0.717) is 29.8 Å². The highest BCUT2D eigenvalue weighted by Gasteiger charge is 2.19. The first-order valence-corrected chi connectivity index (χ1v) is 7.76. The van der Waals surface area contributed by atoms with Gasteiger partial charge in [-0.1, -0.05) is 24.4 Å². The molecule has 1 aliphatic heterocycles. The predicted octanol–water partition coefficient (Wildman–Crippen LogP) is 2.32. The normalized spacial score (nSPS) is 17.0. The van der Waals surface area contributed by atoms with Crippen molar-refractivity contribution in [3.63, 3.8) is 0 Å². The van der Waals surface area contributed by atoms with E-state index in [-0.39, 0.29) is 6.04 Å². The van der Waals surface area contributed by atoms with Crippen molar-refractivity contribution in [2.24, 2.45) is 0 Å². The van der Waals surface area contributed by atoms with Crippen LogP contribution in [0, 0.1) is 0 Å². The molecule has 1 aliphatic rings. The van der Waals surface area contributed by atoms with E-state index in [1.54, 1.807) is 13.2 Å². The first-order chi connectivity index (χ1) is 11.2. The number of aromatic nitrogens is 1. The number of ether oxygens (including phenoxy) is 3. The van der Waals surface area contributed by atoms with Crippen LogP contribution in [0.3, 0.4) is 0 Å². The minimum Gasteiger partial charge on any atom is -0.497 e. The van der Waals surface area contributed by atoms with E-state index in [1.807, 2.05) is 24.3 Å². The van der Waals surface area contributed by atoms with Crippen LogP contribution in [0.5, 0.6) is 11.6 Å². The summed E-state index contributed by atoms with van der Waals surface area (Å²) in [5.41, 5.74) is 1.01. The Bertz CT molecular complexity index is 650. The van der Waals surface area contributed by atoms with E-state index in [1.165, 1.54) is 0 Å². The number of benzene rings is 1. The smallest absolute Gasteiger partial charge is 0.255 e. The molecule has 1 N–H and O–H groups in total. The van der Waals surface area contributed by atoms with E-state index in [2.05, 4.69) is 10.5 Å². The lowest BCUT2D eigenvalue weighted by molar-refractivity contribution is 0.192. The molecule has 1 saturated heterocycles. The van der Waals surface area contributed by atoms with Crippen LogP contribution in [-0.2, 0) is 11.3 Å². The molecule has 2 heterocycles. The largest absolute Gasteiger partial charge is 0.497 e. The molecule has 0 saturated carbocycles. The first kappa shape index (κ1) is 15.8. The van der Waals surface area contributed by atoms with Gasteiger partial charge >= 0.3 is 0 Å². The molecule has 122 valence electrons. The zero-order valence-corrected chi connectivity index (χ0v) is 13.6. The Balaban J connectivity index is 1.52. The number of rotatable bonds is 6. The van der Waals surface area contributed by atoms with E-state index in [9.17, 15) is 0 Å². The zero-order valence-electron chi connectivity index (χ0n) is 12.8. The minimum atomic E-state index is 0.233. The van der Waals surface area contributed by atoms with Gasteiger partial charge < -0.3 is 24.1 Å². The van der Waals surface area contributed by atoms with Crippen LogP contribution < -0.4 is 14.8 Å². The Labute approximate surface area is 139 Å². The molecule has 6 nitrogen and oxygen atoms in total. The van der Waals surface area contributed by atoms with Gasteiger partial charge in [0.2, 0.25) is 0 Å². The minimum absolute atomic E-state index is 0.233. The molecular formula is C16H18N2O4S. The zero-order chi connectivity index (χ0) is 16.1. The summed E-state index contributed by atoms with van der Waals surface area (Å²) in [4.78, 5) is 0.521. The van der Waals surface area contributed by atoms with Crippen molar-refractivity contribution in [3.8, 4) is 11.6 Å². The highest BCUT2D eigenvalue weighted by molar-refractivity contribution is 7.80. The molecule has 0 aliphatic carbocycles. The molecule has 0 spiro atoms. The van der Waals surface area contributed by atoms with Gasteiger partial charge in [0.1, 0.15) is 17.3 Å². The monoisotopic (exact) mass is 334 g/mol. The maximum Gasteiger partial charge on any atom is 0.255 e. The molecule has 1 unspecified atom stereocenters. The quantitative estimate of drug-likeness (QED) is 0.813. The molecule has 1 atom stereocenters. The van der Waals surface area contributed by atoms with Crippen LogP contribution in [0.15, 0.2) is 34.9 Å². The molecule has 0 bridgehead atoms. The predicted molar refractivity (Wildman–Crippen MR) is 87.9 cm³/mol. The fourth-order valence-electron chi connectivity index (χ4n) is 2.22. The Morgan fingerprint density at radius 1 is 1.39 bits per heavy atom. The third-order valence-corrected chi connectivity index (χ3v) is 3.84. The third-order valence-electron chi connectivity index (χ3n) is 3.52. The molecule has 0 amide bonds. The molecule has 1 aromatic carbocycles. The van der Waals surface area contributed by atoms with Crippen molar-refractivity contribution in [2.75, 3.05) is 20.3 Å². The molecule has 1 aromatic heterocycles. The van der Waals surface area contributed by atoms with Crippen molar-refractivity contribution < 1.29 is 18.7 Å². The van der Waals surface area contributed by atoms with Crippen LogP contribution in [0.25, 0.3) is 0 Å². The second-order valence-corrected chi connectivity index (χ2v) is 5.61. The van der Waals surface area contributed by atoms with E-state index >= 15 is 0 Å². The maximum atomic E-state index is 5.61. The number of thiocarbonyl (C=S) groups is 1. The second-order valence-electron chi connectivity index (χ2n) is 5.20. The molecule has 23 heavy (non-hydrogen) atoms. The van der Waals surface area contributed by atoms with Crippen molar-refractivity contribution in [3.05, 3.63) is 41.7 Å².